The van der Waals surface area contributed by atoms with Crippen molar-refractivity contribution in [1.29, 1.82) is 0 Å². The molecule has 0 aromatic carbocycles. The van der Waals surface area contributed by atoms with Crippen molar-refractivity contribution in [3.05, 3.63) is 0 Å². The average molecular weight is 336 g/mol. The Balaban J connectivity index is 2.35. The SMILES string of the molecule is CN1CC(NC(=O)OC(C)(C)C)CCC1CCOS(C)(=O)=O. The van der Waals surface area contributed by atoms with Crippen molar-refractivity contribution in [3.8, 4) is 0 Å². The number of piperidine rings is 1. The number of carbonyl (C=O) groups is 1. The van der Waals surface area contributed by atoms with E-state index in [2.05, 4.69) is 10.2 Å². The topological polar surface area (TPSA) is 84.9 Å². The summed E-state index contributed by atoms with van der Waals surface area (Å²) < 4.78 is 31.9. The molecule has 1 fully saturated rings. The van der Waals surface area contributed by atoms with Gasteiger partial charge in [0, 0.05) is 18.6 Å². The van der Waals surface area contributed by atoms with Gasteiger partial charge in [-0.25, -0.2) is 4.79 Å². The predicted molar refractivity (Wildman–Crippen MR) is 84.2 cm³/mol. The van der Waals surface area contributed by atoms with Gasteiger partial charge < -0.3 is 15.0 Å². The van der Waals surface area contributed by atoms with Gasteiger partial charge in [0.2, 0.25) is 0 Å². The Labute approximate surface area is 133 Å². The Bertz CT molecular complexity index is 472. The lowest BCUT2D eigenvalue weighted by Gasteiger charge is -2.37. The zero-order valence-electron chi connectivity index (χ0n) is 14.1. The average Bonchev–Trinajstić information content (AvgIpc) is 2.27. The van der Waals surface area contributed by atoms with E-state index >= 15 is 0 Å². The molecule has 2 unspecified atom stereocenters. The predicted octanol–water partition coefficient (Wildman–Crippen LogP) is 1.34. The van der Waals surface area contributed by atoms with Crippen LogP contribution in [0.25, 0.3) is 0 Å². The highest BCUT2D eigenvalue weighted by atomic mass is 32.2. The van der Waals surface area contributed by atoms with Gasteiger partial charge in [-0.05, 0) is 47.1 Å². The summed E-state index contributed by atoms with van der Waals surface area (Å²) in [6.45, 7) is 6.40. The van der Waals surface area contributed by atoms with Crippen molar-refractivity contribution < 1.29 is 22.1 Å². The standard InChI is InChI=1S/C14H28N2O5S/c1-14(2,3)21-13(17)15-11-6-7-12(16(4)10-11)8-9-20-22(5,18)19/h11-12H,6-10H2,1-5H3,(H,15,17). The molecule has 0 aliphatic carbocycles. The van der Waals surface area contributed by atoms with Crippen molar-refractivity contribution in [2.45, 2.75) is 57.7 Å². The van der Waals surface area contributed by atoms with Gasteiger partial charge in [0.1, 0.15) is 5.60 Å². The van der Waals surface area contributed by atoms with Crippen molar-refractivity contribution in [3.63, 3.8) is 0 Å². The number of likely N-dealkylation sites (N-methyl/N-ethyl adjacent to an activating group) is 1. The van der Waals surface area contributed by atoms with Crippen molar-refractivity contribution >= 4 is 16.2 Å². The Morgan fingerprint density at radius 3 is 2.45 bits per heavy atom. The minimum Gasteiger partial charge on any atom is -0.444 e. The van der Waals surface area contributed by atoms with Crippen LogP contribution in [0.4, 0.5) is 4.79 Å². The van der Waals surface area contributed by atoms with Gasteiger partial charge in [-0.2, -0.15) is 8.42 Å². The molecular weight excluding hydrogens is 308 g/mol. The minimum absolute atomic E-state index is 0.0481. The molecule has 0 radical (unpaired) electrons. The monoisotopic (exact) mass is 336 g/mol. The largest absolute Gasteiger partial charge is 0.444 e. The molecular formula is C14H28N2O5S. The van der Waals surface area contributed by atoms with Crippen LogP contribution >= 0.6 is 0 Å². The Hall–Kier alpha value is -0.860. The van der Waals surface area contributed by atoms with E-state index in [0.29, 0.717) is 13.0 Å². The molecule has 22 heavy (non-hydrogen) atoms. The number of amides is 1. The molecule has 1 rings (SSSR count). The third-order valence-electron chi connectivity index (χ3n) is 3.45. The third-order valence-corrected chi connectivity index (χ3v) is 4.04. The van der Waals surface area contributed by atoms with Gasteiger partial charge in [0.25, 0.3) is 10.1 Å². The normalized spacial score (nSPS) is 24.0. The van der Waals surface area contributed by atoms with Crippen molar-refractivity contribution in [2.24, 2.45) is 0 Å². The molecule has 1 saturated heterocycles. The first-order chi connectivity index (χ1) is 9.96. The van der Waals surface area contributed by atoms with E-state index < -0.39 is 21.8 Å². The van der Waals surface area contributed by atoms with Crippen LogP contribution in [0.15, 0.2) is 0 Å². The Kier molecular flexibility index (Phi) is 6.64. The van der Waals surface area contributed by atoms with Crippen LogP contribution in [0.5, 0.6) is 0 Å². The van der Waals surface area contributed by atoms with Gasteiger partial charge in [-0.1, -0.05) is 0 Å². The van der Waals surface area contributed by atoms with Gasteiger partial charge in [0.05, 0.1) is 12.9 Å². The van der Waals surface area contributed by atoms with E-state index in [-0.39, 0.29) is 18.7 Å². The van der Waals surface area contributed by atoms with Crippen molar-refractivity contribution in [1.82, 2.24) is 10.2 Å². The lowest BCUT2D eigenvalue weighted by atomic mass is 9.97. The molecule has 0 spiro atoms. The summed E-state index contributed by atoms with van der Waals surface area (Å²) >= 11 is 0. The first-order valence-corrected chi connectivity index (χ1v) is 9.32. The van der Waals surface area contributed by atoms with Crippen LogP contribution in [0.2, 0.25) is 0 Å². The van der Waals surface area contributed by atoms with Gasteiger partial charge in [-0.15, -0.1) is 0 Å². The van der Waals surface area contributed by atoms with Crippen LogP contribution in [0, 0.1) is 0 Å². The van der Waals surface area contributed by atoms with E-state index in [4.69, 9.17) is 8.92 Å². The summed E-state index contributed by atoms with van der Waals surface area (Å²) in [4.78, 5) is 13.9. The second-order valence-corrected chi connectivity index (χ2v) is 8.47. The van der Waals surface area contributed by atoms with Crippen molar-refractivity contribution in [2.75, 3.05) is 26.5 Å². The lowest BCUT2D eigenvalue weighted by molar-refractivity contribution is 0.0451. The molecule has 2 atom stereocenters. The molecule has 1 aliphatic heterocycles. The number of carbonyl (C=O) groups excluding carboxylic acids is 1. The second kappa shape index (κ2) is 7.61. The molecule has 1 aliphatic rings. The van der Waals surface area contributed by atoms with E-state index in [0.717, 1.165) is 19.1 Å². The first kappa shape index (κ1) is 19.2. The molecule has 0 aromatic heterocycles. The van der Waals surface area contributed by atoms with Crippen LogP contribution in [0.3, 0.4) is 0 Å². The Morgan fingerprint density at radius 2 is 1.95 bits per heavy atom. The highest BCUT2D eigenvalue weighted by molar-refractivity contribution is 7.85. The lowest BCUT2D eigenvalue weighted by Crippen LogP contribution is -2.51. The fraction of sp³-hybridized carbons (Fsp3) is 0.929. The van der Waals surface area contributed by atoms with Gasteiger partial charge >= 0.3 is 6.09 Å². The minimum atomic E-state index is -3.38. The number of hydrogen-bond donors (Lipinski definition) is 1. The van der Waals surface area contributed by atoms with Gasteiger partial charge in [0.15, 0.2) is 0 Å². The summed E-state index contributed by atoms with van der Waals surface area (Å²) in [5.74, 6) is 0. The van der Waals surface area contributed by atoms with Crippen LogP contribution < -0.4 is 5.32 Å². The summed E-state index contributed by atoms with van der Waals surface area (Å²) in [6, 6.07) is 0.311. The summed E-state index contributed by atoms with van der Waals surface area (Å²) in [6.07, 6.45) is 3.03. The number of nitrogens with one attached hydrogen (secondary N) is 1. The number of hydrogen-bond acceptors (Lipinski definition) is 6. The van der Waals surface area contributed by atoms with E-state index in [9.17, 15) is 13.2 Å². The smallest absolute Gasteiger partial charge is 0.407 e. The second-order valence-electron chi connectivity index (χ2n) is 6.83. The molecule has 1 amide bonds. The number of alkyl carbamates (subject to hydrolysis) is 1. The maximum Gasteiger partial charge on any atom is 0.407 e. The molecule has 0 aromatic rings. The number of nitrogens with zero attached hydrogens (tertiary/aromatic N) is 1. The molecule has 8 heteroatoms. The van der Waals surface area contributed by atoms with Crippen LogP contribution in [-0.4, -0.2) is 63.6 Å². The fourth-order valence-corrected chi connectivity index (χ4v) is 2.89. The number of likely N-dealkylation sites (tertiary alicyclic amines) is 1. The number of ether oxygens (including phenoxy) is 1. The maximum atomic E-state index is 11.8. The molecule has 1 heterocycles. The number of rotatable bonds is 5. The first-order valence-electron chi connectivity index (χ1n) is 7.50. The highest BCUT2D eigenvalue weighted by Crippen LogP contribution is 2.19. The zero-order valence-corrected chi connectivity index (χ0v) is 14.9. The highest BCUT2D eigenvalue weighted by Gasteiger charge is 2.28. The zero-order chi connectivity index (χ0) is 17.0. The Morgan fingerprint density at radius 1 is 1.32 bits per heavy atom. The van der Waals surface area contributed by atoms with Crippen LogP contribution in [0.1, 0.15) is 40.0 Å². The molecule has 0 bridgehead atoms. The molecule has 1 N–H and O–H groups in total. The molecule has 7 nitrogen and oxygen atoms in total. The maximum absolute atomic E-state index is 11.8. The van der Waals surface area contributed by atoms with Crippen LogP contribution in [-0.2, 0) is 19.0 Å². The van der Waals surface area contributed by atoms with Gasteiger partial charge in [-0.3, -0.25) is 4.18 Å². The van der Waals surface area contributed by atoms with E-state index in [1.165, 1.54) is 0 Å². The third kappa shape index (κ3) is 7.95. The quantitative estimate of drug-likeness (QED) is 0.763. The van der Waals surface area contributed by atoms with E-state index in [1.807, 2.05) is 27.8 Å². The fourth-order valence-electron chi connectivity index (χ4n) is 2.49. The summed E-state index contributed by atoms with van der Waals surface area (Å²) in [5.41, 5.74) is -0.504. The molecule has 130 valence electrons. The van der Waals surface area contributed by atoms with E-state index in [1.54, 1.807) is 0 Å². The summed E-state index contributed by atoms with van der Waals surface area (Å²) in [5, 5.41) is 2.88. The summed E-state index contributed by atoms with van der Waals surface area (Å²) in [7, 11) is -1.41. The molecule has 0 saturated carbocycles.